The second kappa shape index (κ2) is 10.8. The van der Waals surface area contributed by atoms with Gasteiger partial charge >= 0.3 is 13.2 Å². The highest BCUT2D eigenvalue weighted by Crippen LogP contribution is 2.41. The number of rotatable bonds is 8. The van der Waals surface area contributed by atoms with E-state index >= 15 is 0 Å². The fourth-order valence-electron chi connectivity index (χ4n) is 3.16. The normalized spacial score (nSPS) is 15.3. The molecule has 0 aliphatic carbocycles. The summed E-state index contributed by atoms with van der Waals surface area (Å²) >= 11 is 1.19. The Kier molecular flexibility index (Phi) is 8.16. The minimum Gasteiger partial charge on any atom is -0.435 e. The Morgan fingerprint density at radius 2 is 1.66 bits per heavy atom. The Morgan fingerprint density at radius 1 is 0.938 bits per heavy atom. The van der Waals surface area contributed by atoms with Gasteiger partial charge in [-0.05, 0) is 48.2 Å². The molecule has 2 aromatic rings. The molecular weight excluding hydrogens is 455 g/mol. The molecule has 32 heavy (non-hydrogen) atoms. The van der Waals surface area contributed by atoms with Crippen molar-refractivity contribution in [3.63, 3.8) is 0 Å². The van der Waals surface area contributed by atoms with Gasteiger partial charge in [-0.1, -0.05) is 30.0 Å². The molecule has 172 valence electrons. The largest absolute Gasteiger partial charge is 0.435 e. The first-order valence-corrected chi connectivity index (χ1v) is 10.3. The second-order valence-corrected chi connectivity index (χ2v) is 7.91. The number of hydrogen-bond acceptors (Lipinski definition) is 5. The molecule has 0 fully saturated rings. The molecule has 0 spiro atoms. The van der Waals surface area contributed by atoms with E-state index in [0.717, 1.165) is 18.2 Å². The zero-order valence-corrected chi connectivity index (χ0v) is 17.3. The predicted octanol–water partition coefficient (Wildman–Crippen LogP) is 6.02. The van der Waals surface area contributed by atoms with Gasteiger partial charge in [0.1, 0.15) is 23.4 Å². The summed E-state index contributed by atoms with van der Waals surface area (Å²) in [5.74, 6) is -1.75. The Labute approximate surface area is 185 Å². The van der Waals surface area contributed by atoms with Crippen molar-refractivity contribution in [3.05, 3.63) is 69.7 Å². The highest BCUT2D eigenvalue weighted by molar-refractivity contribution is 8.06. The van der Waals surface area contributed by atoms with E-state index in [1.54, 1.807) is 6.08 Å². The monoisotopic (exact) mass is 474 g/mol. The molecule has 1 aliphatic heterocycles. The van der Waals surface area contributed by atoms with Crippen LogP contribution in [0.15, 0.2) is 58.4 Å². The summed E-state index contributed by atoms with van der Waals surface area (Å²) in [7, 11) is 0. The number of ether oxygens (including phenoxy) is 2. The number of aliphatic hydroxyl groups is 2. The van der Waals surface area contributed by atoms with Crippen molar-refractivity contribution in [1.82, 2.24) is 0 Å². The van der Waals surface area contributed by atoms with Crippen LogP contribution in [0.3, 0.4) is 0 Å². The lowest BCUT2D eigenvalue weighted by atomic mass is 9.98. The zero-order valence-electron chi connectivity index (χ0n) is 16.5. The average molecular weight is 474 g/mol. The van der Waals surface area contributed by atoms with E-state index in [0.29, 0.717) is 22.7 Å². The number of benzene rings is 2. The summed E-state index contributed by atoms with van der Waals surface area (Å²) in [6.45, 7) is -6.59. The third-order valence-electron chi connectivity index (χ3n) is 4.50. The molecule has 2 aromatic carbocycles. The fourth-order valence-corrected chi connectivity index (χ4v) is 4.18. The van der Waals surface area contributed by atoms with Gasteiger partial charge in [0.2, 0.25) is 0 Å². The van der Waals surface area contributed by atoms with Gasteiger partial charge in [0.25, 0.3) is 0 Å². The van der Waals surface area contributed by atoms with Gasteiger partial charge in [-0.25, -0.2) is 4.39 Å². The molecule has 0 unspecified atom stereocenters. The number of allylic oxidation sites excluding steroid dienone is 2. The van der Waals surface area contributed by atoms with Crippen molar-refractivity contribution in [3.8, 4) is 22.6 Å². The molecule has 3 rings (SSSR count). The summed E-state index contributed by atoms with van der Waals surface area (Å²) in [6, 6.07) is 6.62. The molecule has 2 N–H and O–H groups in total. The predicted molar refractivity (Wildman–Crippen MR) is 110 cm³/mol. The van der Waals surface area contributed by atoms with Crippen molar-refractivity contribution in [2.45, 2.75) is 32.2 Å². The lowest BCUT2D eigenvalue weighted by molar-refractivity contribution is -0.0501. The van der Waals surface area contributed by atoms with Crippen LogP contribution in [0.2, 0.25) is 0 Å². The molecule has 0 amide bonds. The lowest BCUT2D eigenvalue weighted by Gasteiger charge is -2.18. The molecule has 1 aliphatic rings. The zero-order chi connectivity index (χ0) is 23.3. The highest BCUT2D eigenvalue weighted by atomic mass is 32.2. The van der Waals surface area contributed by atoms with E-state index in [9.17, 15) is 32.2 Å². The maximum Gasteiger partial charge on any atom is 0.387 e. The maximum atomic E-state index is 14.0. The Morgan fingerprint density at radius 3 is 2.34 bits per heavy atom. The van der Waals surface area contributed by atoms with E-state index in [-0.39, 0.29) is 29.0 Å². The fraction of sp³-hybridized carbons (Fsp3) is 0.273. The minimum absolute atomic E-state index is 0.0439. The first-order valence-electron chi connectivity index (χ1n) is 9.47. The molecule has 10 heteroatoms. The van der Waals surface area contributed by atoms with Gasteiger partial charge in [-0.2, -0.15) is 17.6 Å². The average Bonchev–Trinajstić information content (AvgIpc) is 2.98. The molecule has 4 nitrogen and oxygen atoms in total. The quantitative estimate of drug-likeness (QED) is 0.459. The van der Waals surface area contributed by atoms with Crippen LogP contribution in [0, 0.1) is 5.82 Å². The Balaban J connectivity index is 2.03. The molecule has 1 heterocycles. The summed E-state index contributed by atoms with van der Waals surface area (Å²) in [4.78, 5) is 1.18. The first-order chi connectivity index (χ1) is 15.3. The van der Waals surface area contributed by atoms with E-state index < -0.39 is 30.9 Å². The summed E-state index contributed by atoms with van der Waals surface area (Å²) in [6.07, 6.45) is 3.79. The van der Waals surface area contributed by atoms with Crippen molar-refractivity contribution in [2.24, 2.45) is 0 Å². The molecule has 0 saturated heterocycles. The van der Waals surface area contributed by atoms with Gasteiger partial charge in [-0.15, -0.1) is 0 Å². The van der Waals surface area contributed by atoms with Gasteiger partial charge in [0, 0.05) is 21.4 Å². The van der Waals surface area contributed by atoms with Crippen LogP contribution in [-0.4, -0.2) is 30.0 Å². The molecule has 0 radical (unpaired) electrons. The molecule has 0 saturated carbocycles. The third-order valence-corrected chi connectivity index (χ3v) is 5.68. The van der Waals surface area contributed by atoms with Gasteiger partial charge in [-0.3, -0.25) is 0 Å². The SMILES string of the molecule is OCC1=CCCC=C([C@H](O)c2ccc(OC(F)F)c(-c3cc(F)cc(OC(F)F)c3)c2)S1. The van der Waals surface area contributed by atoms with Crippen LogP contribution in [0.1, 0.15) is 24.5 Å². The van der Waals surface area contributed by atoms with Crippen molar-refractivity contribution in [2.75, 3.05) is 6.61 Å². The smallest absolute Gasteiger partial charge is 0.387 e. The van der Waals surface area contributed by atoms with Crippen LogP contribution < -0.4 is 9.47 Å². The number of hydrogen-bond donors (Lipinski definition) is 2. The maximum absolute atomic E-state index is 14.0. The van der Waals surface area contributed by atoms with E-state index in [4.69, 9.17) is 0 Å². The van der Waals surface area contributed by atoms with Crippen molar-refractivity contribution in [1.29, 1.82) is 0 Å². The summed E-state index contributed by atoms with van der Waals surface area (Å²) in [5, 5.41) is 20.3. The standard InChI is InChI=1S/C22H19F5O4S/c23-14-7-13(8-15(10-14)30-21(24)25)17-9-12(5-6-18(17)31-22(26)27)20(29)19-4-2-1-3-16(11-28)32-19/h3-10,20-22,28-29H,1-2,11H2/t20-/m1/s1. The van der Waals surface area contributed by atoms with Gasteiger partial charge in [0.05, 0.1) is 6.61 Å². The van der Waals surface area contributed by atoms with Crippen molar-refractivity contribution < 1.29 is 41.6 Å². The van der Waals surface area contributed by atoms with Crippen LogP contribution >= 0.6 is 11.8 Å². The summed E-state index contributed by atoms with van der Waals surface area (Å²) < 4.78 is 73.7. The highest BCUT2D eigenvalue weighted by Gasteiger charge is 2.21. The number of aliphatic hydroxyl groups excluding tert-OH is 2. The second-order valence-electron chi connectivity index (χ2n) is 6.71. The number of thioether (sulfide) groups is 1. The topological polar surface area (TPSA) is 58.9 Å². The van der Waals surface area contributed by atoms with Crippen LogP contribution in [0.5, 0.6) is 11.5 Å². The van der Waals surface area contributed by atoms with E-state index in [1.165, 1.54) is 30.0 Å². The number of halogens is 5. The molecule has 1 atom stereocenters. The van der Waals surface area contributed by atoms with Gasteiger partial charge in [0.15, 0.2) is 0 Å². The molecular formula is C22H19F5O4S. The molecule has 0 bridgehead atoms. The Bertz CT molecular complexity index is 1010. The number of alkyl halides is 4. The lowest BCUT2D eigenvalue weighted by Crippen LogP contribution is -2.06. The van der Waals surface area contributed by atoms with Crippen molar-refractivity contribution >= 4 is 11.8 Å². The van der Waals surface area contributed by atoms with Gasteiger partial charge < -0.3 is 19.7 Å². The Hall–Kier alpha value is -2.56. The van der Waals surface area contributed by atoms with Crippen LogP contribution in [-0.2, 0) is 0 Å². The van der Waals surface area contributed by atoms with E-state index in [1.807, 2.05) is 6.08 Å². The third kappa shape index (κ3) is 6.24. The van der Waals surface area contributed by atoms with Crippen LogP contribution in [0.25, 0.3) is 11.1 Å². The summed E-state index contributed by atoms with van der Waals surface area (Å²) in [5.41, 5.74) is 0.182. The minimum atomic E-state index is -3.21. The first kappa shape index (κ1) is 24.1. The van der Waals surface area contributed by atoms with E-state index in [2.05, 4.69) is 9.47 Å². The van der Waals surface area contributed by atoms with Crippen LogP contribution in [0.4, 0.5) is 22.0 Å². The molecule has 0 aromatic heterocycles.